The molecule has 0 N–H and O–H groups in total. The zero-order valence-electron chi connectivity index (χ0n) is 16.3. The van der Waals surface area contributed by atoms with Crippen LogP contribution in [-0.4, -0.2) is 18.8 Å². The second kappa shape index (κ2) is 8.09. The standard InChI is InChI=1S/C24H24FNO2S/c1-18-12-15-24(20-10-6-3-7-11-20)29(27,28)26(18)17-22-14-13-21(16-23(22)25)19-8-4-2-5-9-19/h2-11,13-14,16,18,24H,12,15,17H2,1H3/t18-,24?/m0/s1. The van der Waals surface area contributed by atoms with Crippen molar-refractivity contribution in [3.8, 4) is 11.1 Å². The van der Waals surface area contributed by atoms with Gasteiger partial charge in [0.2, 0.25) is 10.0 Å². The molecule has 1 aliphatic rings. The Hall–Kier alpha value is -2.50. The van der Waals surface area contributed by atoms with E-state index in [4.69, 9.17) is 0 Å². The normalized spacial score (nSPS) is 21.7. The molecular formula is C24H24FNO2S. The lowest BCUT2D eigenvalue weighted by molar-refractivity contribution is 0.279. The summed E-state index contributed by atoms with van der Waals surface area (Å²) in [5.74, 6) is -0.379. The highest BCUT2D eigenvalue weighted by atomic mass is 32.2. The molecule has 1 unspecified atom stereocenters. The van der Waals surface area contributed by atoms with Gasteiger partial charge in [-0.1, -0.05) is 72.8 Å². The Morgan fingerprint density at radius 1 is 0.897 bits per heavy atom. The van der Waals surface area contributed by atoms with E-state index in [0.717, 1.165) is 23.1 Å². The Labute approximate surface area is 171 Å². The van der Waals surface area contributed by atoms with Gasteiger partial charge in [-0.3, -0.25) is 0 Å². The fraction of sp³-hybridized carbons (Fsp3) is 0.250. The highest BCUT2D eigenvalue weighted by Gasteiger charge is 2.40. The van der Waals surface area contributed by atoms with Gasteiger partial charge in [-0.25, -0.2) is 12.8 Å². The SMILES string of the molecule is C[C@H]1CCC(c2ccccc2)S(=O)(=O)N1Cc1ccc(-c2ccccc2)cc1F. The van der Waals surface area contributed by atoms with Crippen molar-refractivity contribution < 1.29 is 12.8 Å². The van der Waals surface area contributed by atoms with Crippen LogP contribution < -0.4 is 0 Å². The smallest absolute Gasteiger partial charge is 0.212 e. The molecule has 0 aromatic heterocycles. The lowest BCUT2D eigenvalue weighted by Gasteiger charge is -2.37. The van der Waals surface area contributed by atoms with Crippen LogP contribution in [0.2, 0.25) is 0 Å². The van der Waals surface area contributed by atoms with Gasteiger partial charge in [0, 0.05) is 18.2 Å². The predicted molar refractivity (Wildman–Crippen MR) is 114 cm³/mol. The van der Waals surface area contributed by atoms with Crippen LogP contribution in [0.25, 0.3) is 11.1 Å². The Morgan fingerprint density at radius 2 is 1.55 bits per heavy atom. The summed E-state index contributed by atoms with van der Waals surface area (Å²) in [6.07, 6.45) is 1.34. The van der Waals surface area contributed by atoms with Gasteiger partial charge < -0.3 is 0 Å². The summed E-state index contributed by atoms with van der Waals surface area (Å²) in [5, 5.41) is -0.577. The van der Waals surface area contributed by atoms with Crippen molar-refractivity contribution in [2.45, 2.75) is 37.6 Å². The van der Waals surface area contributed by atoms with Crippen LogP contribution >= 0.6 is 0 Å². The first-order valence-corrected chi connectivity index (χ1v) is 11.4. The fourth-order valence-electron chi connectivity index (χ4n) is 4.01. The second-order valence-corrected chi connectivity index (χ2v) is 9.66. The van der Waals surface area contributed by atoms with Crippen molar-refractivity contribution in [2.75, 3.05) is 0 Å². The lowest BCUT2D eigenvalue weighted by atomic mass is 10.0. The topological polar surface area (TPSA) is 37.4 Å². The van der Waals surface area contributed by atoms with Gasteiger partial charge >= 0.3 is 0 Å². The first-order valence-electron chi connectivity index (χ1n) is 9.86. The van der Waals surface area contributed by atoms with Gasteiger partial charge in [0.25, 0.3) is 0 Å². The number of halogens is 1. The van der Waals surface area contributed by atoms with Crippen LogP contribution in [0.4, 0.5) is 4.39 Å². The van der Waals surface area contributed by atoms with E-state index in [-0.39, 0.29) is 18.4 Å². The molecular weight excluding hydrogens is 385 g/mol. The van der Waals surface area contributed by atoms with E-state index < -0.39 is 15.3 Å². The van der Waals surface area contributed by atoms with E-state index in [1.54, 1.807) is 6.07 Å². The number of hydrogen-bond acceptors (Lipinski definition) is 2. The molecule has 3 aromatic rings. The molecule has 1 heterocycles. The van der Waals surface area contributed by atoms with Crippen molar-refractivity contribution in [1.29, 1.82) is 0 Å². The molecule has 1 fully saturated rings. The summed E-state index contributed by atoms with van der Waals surface area (Å²) in [5.41, 5.74) is 2.91. The Kier molecular flexibility index (Phi) is 5.52. The first kappa shape index (κ1) is 19.8. The van der Waals surface area contributed by atoms with Crippen LogP contribution in [0.3, 0.4) is 0 Å². The molecule has 4 rings (SSSR count). The average Bonchev–Trinajstić information content (AvgIpc) is 2.73. The third-order valence-electron chi connectivity index (χ3n) is 5.68. The lowest BCUT2D eigenvalue weighted by Crippen LogP contribution is -2.44. The fourth-order valence-corrected chi connectivity index (χ4v) is 6.19. The van der Waals surface area contributed by atoms with E-state index in [0.29, 0.717) is 12.0 Å². The molecule has 1 saturated heterocycles. The van der Waals surface area contributed by atoms with E-state index in [2.05, 4.69) is 0 Å². The monoisotopic (exact) mass is 409 g/mol. The minimum atomic E-state index is -3.58. The quantitative estimate of drug-likeness (QED) is 0.567. The Balaban J connectivity index is 1.62. The van der Waals surface area contributed by atoms with Gasteiger partial charge in [0.15, 0.2) is 0 Å². The van der Waals surface area contributed by atoms with Gasteiger partial charge in [0.05, 0.1) is 0 Å². The average molecular weight is 410 g/mol. The number of benzene rings is 3. The Bertz CT molecular complexity index is 1080. The third-order valence-corrected chi connectivity index (χ3v) is 8.05. The van der Waals surface area contributed by atoms with Gasteiger partial charge in [-0.05, 0) is 42.5 Å². The van der Waals surface area contributed by atoms with Crippen LogP contribution in [0.1, 0.15) is 36.1 Å². The molecule has 3 nitrogen and oxygen atoms in total. The van der Waals surface area contributed by atoms with Gasteiger partial charge in [-0.15, -0.1) is 0 Å². The van der Waals surface area contributed by atoms with Crippen molar-refractivity contribution in [1.82, 2.24) is 4.31 Å². The molecule has 3 aromatic carbocycles. The van der Waals surface area contributed by atoms with Crippen molar-refractivity contribution in [3.05, 3.63) is 95.8 Å². The molecule has 0 spiro atoms. The molecule has 2 atom stereocenters. The van der Waals surface area contributed by atoms with Crippen molar-refractivity contribution in [3.63, 3.8) is 0 Å². The molecule has 0 bridgehead atoms. The van der Waals surface area contributed by atoms with E-state index in [9.17, 15) is 12.8 Å². The maximum atomic E-state index is 14.9. The molecule has 29 heavy (non-hydrogen) atoms. The maximum Gasteiger partial charge on any atom is 0.221 e. The minimum absolute atomic E-state index is 0.0493. The maximum absolute atomic E-state index is 14.9. The van der Waals surface area contributed by atoms with E-state index in [1.807, 2.05) is 73.7 Å². The third kappa shape index (κ3) is 3.98. The van der Waals surface area contributed by atoms with Crippen LogP contribution in [0.15, 0.2) is 78.9 Å². The van der Waals surface area contributed by atoms with Crippen molar-refractivity contribution in [2.24, 2.45) is 0 Å². The predicted octanol–water partition coefficient (Wildman–Crippen LogP) is 5.55. The zero-order valence-corrected chi connectivity index (χ0v) is 17.1. The summed E-state index contributed by atoms with van der Waals surface area (Å²) >= 11 is 0. The highest BCUT2D eigenvalue weighted by molar-refractivity contribution is 7.89. The van der Waals surface area contributed by atoms with Crippen LogP contribution in [0.5, 0.6) is 0 Å². The van der Waals surface area contributed by atoms with E-state index in [1.165, 1.54) is 10.4 Å². The van der Waals surface area contributed by atoms with Crippen molar-refractivity contribution >= 4 is 10.0 Å². The Morgan fingerprint density at radius 3 is 2.21 bits per heavy atom. The number of hydrogen-bond donors (Lipinski definition) is 0. The molecule has 0 amide bonds. The van der Waals surface area contributed by atoms with Crippen LogP contribution in [0, 0.1) is 5.82 Å². The largest absolute Gasteiger partial charge is 0.221 e. The summed E-state index contributed by atoms with van der Waals surface area (Å²) in [4.78, 5) is 0. The minimum Gasteiger partial charge on any atom is -0.212 e. The number of sulfonamides is 1. The molecule has 150 valence electrons. The zero-order chi connectivity index (χ0) is 20.4. The molecule has 0 aliphatic carbocycles. The molecule has 5 heteroatoms. The number of nitrogens with zero attached hydrogens (tertiary/aromatic N) is 1. The van der Waals surface area contributed by atoms with Crippen LogP contribution in [-0.2, 0) is 16.6 Å². The molecule has 0 saturated carbocycles. The molecule has 0 radical (unpaired) electrons. The van der Waals surface area contributed by atoms with E-state index >= 15 is 0 Å². The highest BCUT2D eigenvalue weighted by Crippen LogP contribution is 2.38. The van der Waals surface area contributed by atoms with Gasteiger partial charge in [-0.2, -0.15) is 4.31 Å². The number of rotatable bonds is 4. The summed E-state index contributed by atoms with van der Waals surface area (Å²) in [6.45, 7) is 1.95. The second-order valence-electron chi connectivity index (χ2n) is 7.59. The summed E-state index contributed by atoms with van der Waals surface area (Å²) in [6, 6.07) is 23.8. The van der Waals surface area contributed by atoms with Gasteiger partial charge in [0.1, 0.15) is 11.1 Å². The molecule has 1 aliphatic heterocycles. The first-order chi connectivity index (χ1) is 14.0. The summed E-state index contributed by atoms with van der Waals surface area (Å²) in [7, 11) is -3.58. The summed E-state index contributed by atoms with van der Waals surface area (Å²) < 4.78 is 43.0.